The van der Waals surface area contributed by atoms with E-state index in [4.69, 9.17) is 5.73 Å². The van der Waals surface area contributed by atoms with Crippen LogP contribution in [0, 0.1) is 0 Å². The Morgan fingerprint density at radius 3 is 3.06 bits per heavy atom. The van der Waals surface area contributed by atoms with Crippen molar-refractivity contribution in [3.8, 4) is 0 Å². The quantitative estimate of drug-likeness (QED) is 0.860. The Morgan fingerprint density at radius 2 is 2.28 bits per heavy atom. The van der Waals surface area contributed by atoms with Crippen LogP contribution in [0.25, 0.3) is 0 Å². The second-order valence-corrected chi connectivity index (χ2v) is 5.49. The van der Waals surface area contributed by atoms with E-state index in [1.165, 1.54) is 44.1 Å². The van der Waals surface area contributed by atoms with Crippen molar-refractivity contribution in [2.24, 2.45) is 0 Å². The molecule has 18 heavy (non-hydrogen) atoms. The fourth-order valence-electron chi connectivity index (χ4n) is 3.10. The zero-order valence-electron chi connectivity index (χ0n) is 11.4. The van der Waals surface area contributed by atoms with Crippen LogP contribution in [0.2, 0.25) is 0 Å². The first-order valence-corrected chi connectivity index (χ1v) is 7.20. The molecule has 0 aromatic carbocycles. The summed E-state index contributed by atoms with van der Waals surface area (Å²) in [5.41, 5.74) is 7.43. The minimum atomic E-state index is 0.238. The van der Waals surface area contributed by atoms with Crippen molar-refractivity contribution in [3.63, 3.8) is 0 Å². The molecule has 3 N–H and O–H groups in total. The van der Waals surface area contributed by atoms with Crippen molar-refractivity contribution in [3.05, 3.63) is 23.9 Å². The molecule has 0 amide bonds. The van der Waals surface area contributed by atoms with Crippen molar-refractivity contribution in [2.45, 2.75) is 57.4 Å². The van der Waals surface area contributed by atoms with Gasteiger partial charge in [0.2, 0.25) is 0 Å². The van der Waals surface area contributed by atoms with E-state index in [0.717, 1.165) is 13.0 Å². The average Bonchev–Trinajstić information content (AvgIpc) is 2.59. The van der Waals surface area contributed by atoms with Crippen LogP contribution in [-0.4, -0.2) is 17.1 Å². The monoisotopic (exact) mass is 247 g/mol. The van der Waals surface area contributed by atoms with Gasteiger partial charge in [-0.15, -0.1) is 0 Å². The molecule has 0 radical (unpaired) electrons. The molecule has 3 heteroatoms. The van der Waals surface area contributed by atoms with Crippen molar-refractivity contribution < 1.29 is 0 Å². The Bertz CT molecular complexity index is 368. The molecule has 0 spiro atoms. The SMILES string of the molecule is CCCC1(Cc2cccnc2N)CCCCCN1. The van der Waals surface area contributed by atoms with E-state index in [2.05, 4.69) is 23.3 Å². The van der Waals surface area contributed by atoms with Gasteiger partial charge in [-0.05, 0) is 43.9 Å². The van der Waals surface area contributed by atoms with Crippen LogP contribution in [-0.2, 0) is 6.42 Å². The van der Waals surface area contributed by atoms with Crippen molar-refractivity contribution >= 4 is 5.82 Å². The predicted octanol–water partition coefficient (Wildman–Crippen LogP) is 2.91. The number of nitrogens with two attached hydrogens (primary N) is 1. The van der Waals surface area contributed by atoms with Crippen LogP contribution in [0.1, 0.15) is 51.0 Å². The maximum Gasteiger partial charge on any atom is 0.126 e. The molecule has 100 valence electrons. The van der Waals surface area contributed by atoms with E-state index in [0.29, 0.717) is 5.82 Å². The lowest BCUT2D eigenvalue weighted by Gasteiger charge is -2.34. The van der Waals surface area contributed by atoms with E-state index in [1.807, 2.05) is 6.07 Å². The summed E-state index contributed by atoms with van der Waals surface area (Å²) in [5, 5.41) is 3.79. The summed E-state index contributed by atoms with van der Waals surface area (Å²) in [4.78, 5) is 4.21. The van der Waals surface area contributed by atoms with Gasteiger partial charge in [0.15, 0.2) is 0 Å². The van der Waals surface area contributed by atoms with Gasteiger partial charge < -0.3 is 11.1 Å². The molecular formula is C15H25N3. The molecule has 1 aromatic heterocycles. The van der Waals surface area contributed by atoms with E-state index in [1.54, 1.807) is 6.20 Å². The number of anilines is 1. The first-order valence-electron chi connectivity index (χ1n) is 7.20. The van der Waals surface area contributed by atoms with E-state index >= 15 is 0 Å². The summed E-state index contributed by atoms with van der Waals surface area (Å²) in [5.74, 6) is 0.694. The van der Waals surface area contributed by atoms with Gasteiger partial charge in [-0.1, -0.05) is 32.3 Å². The Kier molecular flexibility index (Phi) is 4.59. The molecule has 1 aliphatic heterocycles. The fourth-order valence-corrected chi connectivity index (χ4v) is 3.10. The van der Waals surface area contributed by atoms with Gasteiger partial charge in [0, 0.05) is 11.7 Å². The smallest absolute Gasteiger partial charge is 0.126 e. The minimum absolute atomic E-state index is 0.238. The maximum atomic E-state index is 5.99. The number of nitrogen functional groups attached to an aromatic ring is 1. The normalized spacial score (nSPS) is 24.7. The van der Waals surface area contributed by atoms with Crippen LogP contribution in [0.5, 0.6) is 0 Å². The highest BCUT2D eigenvalue weighted by atomic mass is 15.0. The van der Waals surface area contributed by atoms with Gasteiger partial charge in [0.05, 0.1) is 0 Å². The number of nitrogens with one attached hydrogen (secondary N) is 1. The van der Waals surface area contributed by atoms with Gasteiger partial charge in [-0.2, -0.15) is 0 Å². The summed E-state index contributed by atoms with van der Waals surface area (Å²) in [6, 6.07) is 4.11. The molecule has 2 rings (SSSR count). The van der Waals surface area contributed by atoms with Gasteiger partial charge in [-0.25, -0.2) is 4.98 Å². The molecular weight excluding hydrogens is 222 g/mol. The van der Waals surface area contributed by atoms with Gasteiger partial charge in [0.25, 0.3) is 0 Å². The second-order valence-electron chi connectivity index (χ2n) is 5.49. The second kappa shape index (κ2) is 6.19. The van der Waals surface area contributed by atoms with E-state index in [9.17, 15) is 0 Å². The summed E-state index contributed by atoms with van der Waals surface area (Å²) in [6.07, 6.45) is 10.5. The van der Waals surface area contributed by atoms with Crippen molar-refractivity contribution in [1.82, 2.24) is 10.3 Å². The highest BCUT2D eigenvalue weighted by molar-refractivity contribution is 5.39. The zero-order valence-corrected chi connectivity index (χ0v) is 11.4. The molecule has 0 bridgehead atoms. The molecule has 1 aliphatic rings. The first kappa shape index (κ1) is 13.3. The average molecular weight is 247 g/mol. The Morgan fingerprint density at radius 1 is 1.39 bits per heavy atom. The minimum Gasteiger partial charge on any atom is -0.383 e. The van der Waals surface area contributed by atoms with Gasteiger partial charge in [0.1, 0.15) is 5.82 Å². The lowest BCUT2D eigenvalue weighted by atomic mass is 9.83. The van der Waals surface area contributed by atoms with Gasteiger partial charge >= 0.3 is 0 Å². The number of pyridine rings is 1. The van der Waals surface area contributed by atoms with E-state index < -0.39 is 0 Å². The van der Waals surface area contributed by atoms with E-state index in [-0.39, 0.29) is 5.54 Å². The molecule has 1 atom stereocenters. The molecule has 3 nitrogen and oxygen atoms in total. The summed E-state index contributed by atoms with van der Waals surface area (Å²) in [7, 11) is 0. The third kappa shape index (κ3) is 3.22. The Balaban J connectivity index is 2.16. The number of hydrogen-bond acceptors (Lipinski definition) is 3. The van der Waals surface area contributed by atoms with Crippen LogP contribution >= 0.6 is 0 Å². The van der Waals surface area contributed by atoms with Gasteiger partial charge in [-0.3, -0.25) is 0 Å². The largest absolute Gasteiger partial charge is 0.383 e. The predicted molar refractivity (Wildman–Crippen MR) is 76.5 cm³/mol. The standard InChI is InChI=1S/C15H25N3/c1-2-8-15(9-4-3-5-11-18-15)12-13-7-6-10-17-14(13)16/h6-7,10,18H,2-5,8-9,11-12H2,1H3,(H2,16,17). The third-order valence-electron chi connectivity index (χ3n) is 4.02. The molecule has 1 aromatic rings. The maximum absolute atomic E-state index is 5.99. The zero-order chi connectivity index (χ0) is 12.8. The Labute approximate surface area is 110 Å². The lowest BCUT2D eigenvalue weighted by Crippen LogP contribution is -2.46. The molecule has 1 unspecified atom stereocenters. The molecule has 1 fully saturated rings. The first-order chi connectivity index (χ1) is 8.76. The van der Waals surface area contributed by atoms with Crippen molar-refractivity contribution in [2.75, 3.05) is 12.3 Å². The number of aromatic nitrogens is 1. The van der Waals surface area contributed by atoms with Crippen LogP contribution < -0.4 is 11.1 Å². The molecule has 0 aliphatic carbocycles. The molecule has 0 saturated carbocycles. The number of hydrogen-bond donors (Lipinski definition) is 2. The highest BCUT2D eigenvalue weighted by Gasteiger charge is 2.30. The number of nitrogens with zero attached hydrogens (tertiary/aromatic N) is 1. The third-order valence-corrected chi connectivity index (χ3v) is 4.02. The topological polar surface area (TPSA) is 50.9 Å². The summed E-state index contributed by atoms with van der Waals surface area (Å²) >= 11 is 0. The van der Waals surface area contributed by atoms with Crippen LogP contribution in [0.4, 0.5) is 5.82 Å². The van der Waals surface area contributed by atoms with Crippen molar-refractivity contribution in [1.29, 1.82) is 0 Å². The molecule has 1 saturated heterocycles. The Hall–Kier alpha value is -1.09. The number of rotatable bonds is 4. The lowest BCUT2D eigenvalue weighted by molar-refractivity contribution is 0.288. The van der Waals surface area contributed by atoms with Crippen LogP contribution in [0.3, 0.4) is 0 Å². The summed E-state index contributed by atoms with van der Waals surface area (Å²) in [6.45, 7) is 3.40. The molecule has 2 heterocycles. The summed E-state index contributed by atoms with van der Waals surface area (Å²) < 4.78 is 0. The van der Waals surface area contributed by atoms with Crippen LogP contribution in [0.15, 0.2) is 18.3 Å². The highest BCUT2D eigenvalue weighted by Crippen LogP contribution is 2.29. The fraction of sp³-hybridized carbons (Fsp3) is 0.667.